The van der Waals surface area contributed by atoms with Crippen molar-refractivity contribution >= 4 is 22.1 Å². The molecule has 0 saturated carbocycles. The van der Waals surface area contributed by atoms with Gasteiger partial charge in [-0.2, -0.15) is 87.4 Å². The Morgan fingerprint density at radius 1 is 0.667 bits per heavy atom. The van der Waals surface area contributed by atoms with Gasteiger partial charge >= 0.3 is 59.8 Å². The van der Waals surface area contributed by atoms with Crippen molar-refractivity contribution < 1.29 is 111 Å². The minimum Gasteiger partial charge on any atom is -0.465 e. The average molecular weight is 811 g/mol. The van der Waals surface area contributed by atoms with Gasteiger partial charge in [0.1, 0.15) is 6.04 Å². The summed E-state index contributed by atoms with van der Waals surface area (Å²) in [5.41, 5.74) is 6.03. The van der Waals surface area contributed by atoms with Crippen molar-refractivity contribution in [3.63, 3.8) is 0 Å². The molecule has 0 aliphatic carbocycles. The summed E-state index contributed by atoms with van der Waals surface area (Å²) < 4.78 is 266. The molecule has 0 heterocycles. The zero-order chi connectivity index (χ0) is 40.9. The van der Waals surface area contributed by atoms with Gasteiger partial charge in [0, 0.05) is 6.42 Å². The molecule has 0 aliphatic rings. The second-order valence-corrected chi connectivity index (χ2v) is 11.4. The van der Waals surface area contributed by atoms with Crippen molar-refractivity contribution in [2.45, 2.75) is 91.4 Å². The molecule has 0 amide bonds. The SMILES string of the molecule is Cc1ccc(S(=O)(=O)O)cc1.N[C@@H](CCC(=O)OCCC(F)(F)C(F)(F)C(F)(F)C(F)(F)F)C(=O)OCCC(F)(F)C(F)(F)C(F)(F)C(F)(F)F. The van der Waals surface area contributed by atoms with E-state index in [4.69, 9.17) is 10.3 Å². The highest BCUT2D eigenvalue weighted by Gasteiger charge is 2.82. The number of hydrogen-bond acceptors (Lipinski definition) is 7. The van der Waals surface area contributed by atoms with Gasteiger partial charge in [-0.05, 0) is 25.5 Å². The van der Waals surface area contributed by atoms with E-state index in [1.54, 1.807) is 12.1 Å². The Bertz CT molecular complexity index is 1430. The lowest BCUT2D eigenvalue weighted by molar-refractivity contribution is -0.397. The summed E-state index contributed by atoms with van der Waals surface area (Å²) in [5.74, 6) is -44.1. The monoisotopic (exact) mass is 811 g/mol. The fraction of sp³-hybridized carbons (Fsp3) is 0.667. The number of carbonyl (C=O) groups excluding carboxylic acids is 2. The maximum absolute atomic E-state index is 13.3. The summed E-state index contributed by atoms with van der Waals surface area (Å²) in [6.07, 6.45) is -21.5. The fourth-order valence-electron chi connectivity index (χ4n) is 2.98. The first-order valence-electron chi connectivity index (χ1n) is 12.9. The van der Waals surface area contributed by atoms with Gasteiger partial charge in [0.25, 0.3) is 10.1 Å². The van der Waals surface area contributed by atoms with E-state index >= 15 is 0 Å². The lowest BCUT2D eigenvalue weighted by Gasteiger charge is -2.33. The zero-order valence-electron chi connectivity index (χ0n) is 24.8. The maximum Gasteiger partial charge on any atom is 0.460 e. The molecule has 1 atom stereocenters. The molecular weight excluding hydrogens is 788 g/mol. The average Bonchev–Trinajstić information content (AvgIpc) is 2.94. The Labute approximate surface area is 274 Å². The van der Waals surface area contributed by atoms with Gasteiger partial charge in [0.05, 0.1) is 31.0 Å². The molecular formula is C24H23F18NO7S. The minimum absolute atomic E-state index is 0.0666. The second kappa shape index (κ2) is 16.2. The number of carbonyl (C=O) groups is 2. The minimum atomic E-state index is -7.21. The highest BCUT2D eigenvalue weighted by atomic mass is 32.2. The molecule has 298 valence electrons. The largest absolute Gasteiger partial charge is 0.465 e. The summed E-state index contributed by atoms with van der Waals surface area (Å²) in [4.78, 5) is 22.8. The predicted molar refractivity (Wildman–Crippen MR) is 131 cm³/mol. The quantitative estimate of drug-likeness (QED) is 0.109. The number of ether oxygens (including phenoxy) is 2. The predicted octanol–water partition coefficient (Wildman–Crippen LogP) is 7.14. The first-order chi connectivity index (χ1) is 22.4. The van der Waals surface area contributed by atoms with E-state index < -0.39 is 115 Å². The molecule has 0 bridgehead atoms. The standard InChI is InChI=1S/C17H15F18NO4.C7H8O3S/c18-10(19,12(22,23)14(26,27)16(30,31)32)3-5-39-8(37)2-1-7(36)9(38)40-6-4-11(20,21)13(24,25)15(28,29)17(33,34)35;1-6-2-4-7(5-3-6)11(8,9)10/h7H,1-6,36H2;2-5H,1H3,(H,8,9,10)/t7-;/m0./s1. The van der Waals surface area contributed by atoms with Gasteiger partial charge in [-0.15, -0.1) is 0 Å². The summed E-state index contributed by atoms with van der Waals surface area (Å²) in [6.45, 7) is -1.95. The van der Waals surface area contributed by atoms with Crippen LogP contribution >= 0.6 is 0 Å². The van der Waals surface area contributed by atoms with Gasteiger partial charge in [-0.3, -0.25) is 14.1 Å². The molecule has 0 aromatic heterocycles. The van der Waals surface area contributed by atoms with Gasteiger partial charge < -0.3 is 15.2 Å². The molecule has 1 aromatic carbocycles. The molecule has 0 spiro atoms. The van der Waals surface area contributed by atoms with Gasteiger partial charge in [0.2, 0.25) is 0 Å². The number of halogens is 18. The third-order valence-corrected chi connectivity index (χ3v) is 6.91. The van der Waals surface area contributed by atoms with Crippen LogP contribution in [0.1, 0.15) is 31.2 Å². The Morgan fingerprint density at radius 3 is 1.35 bits per heavy atom. The first-order valence-corrected chi connectivity index (χ1v) is 14.4. The number of esters is 2. The van der Waals surface area contributed by atoms with Crippen LogP contribution in [-0.4, -0.2) is 92.1 Å². The van der Waals surface area contributed by atoms with E-state index in [-0.39, 0.29) is 4.90 Å². The van der Waals surface area contributed by atoms with Crippen LogP contribution in [0.3, 0.4) is 0 Å². The molecule has 27 heteroatoms. The van der Waals surface area contributed by atoms with Gasteiger partial charge in [-0.25, -0.2) is 0 Å². The molecule has 3 N–H and O–H groups in total. The van der Waals surface area contributed by atoms with Crippen LogP contribution in [0, 0.1) is 6.92 Å². The summed E-state index contributed by atoms with van der Waals surface area (Å²) in [5, 5.41) is 0. The molecule has 1 rings (SSSR count). The van der Waals surface area contributed by atoms with Crippen LogP contribution in [0.25, 0.3) is 0 Å². The molecule has 1 aromatic rings. The number of aryl methyl sites for hydroxylation is 1. The van der Waals surface area contributed by atoms with Crippen molar-refractivity contribution in [1.82, 2.24) is 0 Å². The normalized spacial score (nSPS) is 14.7. The smallest absolute Gasteiger partial charge is 0.460 e. The van der Waals surface area contributed by atoms with Crippen LogP contribution in [-0.2, 0) is 29.2 Å². The number of hydrogen-bond donors (Lipinski definition) is 2. The van der Waals surface area contributed by atoms with Crippen molar-refractivity contribution in [3.8, 4) is 0 Å². The van der Waals surface area contributed by atoms with E-state index in [1.165, 1.54) is 12.1 Å². The van der Waals surface area contributed by atoms with Crippen LogP contribution in [0.4, 0.5) is 79.0 Å². The van der Waals surface area contributed by atoms with Crippen molar-refractivity contribution in [1.29, 1.82) is 0 Å². The summed E-state index contributed by atoms with van der Waals surface area (Å²) in [6, 6.07) is 3.90. The Hall–Kier alpha value is -3.23. The third-order valence-electron chi connectivity index (χ3n) is 6.04. The number of benzene rings is 1. The number of alkyl halides is 18. The van der Waals surface area contributed by atoms with E-state index in [9.17, 15) is 97.0 Å². The van der Waals surface area contributed by atoms with Crippen molar-refractivity contribution in [2.75, 3.05) is 13.2 Å². The highest BCUT2D eigenvalue weighted by Crippen LogP contribution is 2.55. The van der Waals surface area contributed by atoms with Crippen LogP contribution in [0.5, 0.6) is 0 Å². The van der Waals surface area contributed by atoms with Crippen LogP contribution < -0.4 is 5.73 Å². The van der Waals surface area contributed by atoms with Gasteiger partial charge in [0.15, 0.2) is 0 Å². The molecule has 51 heavy (non-hydrogen) atoms. The van der Waals surface area contributed by atoms with E-state index in [1.807, 2.05) is 6.92 Å². The second-order valence-electron chi connectivity index (χ2n) is 10.0. The van der Waals surface area contributed by atoms with Crippen LogP contribution in [0.15, 0.2) is 29.2 Å². The van der Waals surface area contributed by atoms with E-state index in [0.29, 0.717) is 0 Å². The molecule has 8 nitrogen and oxygen atoms in total. The fourth-order valence-corrected chi connectivity index (χ4v) is 3.46. The van der Waals surface area contributed by atoms with E-state index in [2.05, 4.69) is 9.47 Å². The third kappa shape index (κ3) is 11.6. The lowest BCUT2D eigenvalue weighted by atomic mass is 10.0. The van der Waals surface area contributed by atoms with Crippen LogP contribution in [0.2, 0.25) is 0 Å². The molecule has 0 unspecified atom stereocenters. The Morgan fingerprint density at radius 2 is 1.02 bits per heavy atom. The number of nitrogens with two attached hydrogens (primary N) is 1. The maximum atomic E-state index is 13.3. The van der Waals surface area contributed by atoms with Crippen molar-refractivity contribution in [2.24, 2.45) is 5.73 Å². The number of rotatable bonds is 15. The van der Waals surface area contributed by atoms with Crippen molar-refractivity contribution in [3.05, 3.63) is 29.8 Å². The molecule has 0 fully saturated rings. The first kappa shape index (κ1) is 47.8. The summed E-state index contributed by atoms with van der Waals surface area (Å²) in [7, 11) is -4.02. The lowest BCUT2D eigenvalue weighted by Crippen LogP contribution is -2.61. The highest BCUT2D eigenvalue weighted by molar-refractivity contribution is 7.85. The Kier molecular flexibility index (Phi) is 15.2. The molecule has 0 aliphatic heterocycles. The molecule has 0 saturated heterocycles. The topological polar surface area (TPSA) is 133 Å². The molecule has 0 radical (unpaired) electrons. The van der Waals surface area contributed by atoms with E-state index in [0.717, 1.165) is 5.56 Å². The van der Waals surface area contributed by atoms with Gasteiger partial charge in [-0.1, -0.05) is 17.7 Å². The zero-order valence-corrected chi connectivity index (χ0v) is 25.6. The Balaban J connectivity index is 0.00000191. The summed E-state index contributed by atoms with van der Waals surface area (Å²) >= 11 is 0.